The molecule has 1 aromatic rings. The number of carbonyl (C=O) groups excluding carboxylic acids is 2. The molecular formula is C19H29ClN2O2. The Labute approximate surface area is 151 Å². The summed E-state index contributed by atoms with van der Waals surface area (Å²) in [5.41, 5.74) is 1.96. The molecule has 24 heavy (non-hydrogen) atoms. The Hall–Kier alpha value is -1.39. The van der Waals surface area contributed by atoms with Crippen molar-refractivity contribution in [2.24, 2.45) is 5.92 Å². The van der Waals surface area contributed by atoms with Crippen molar-refractivity contribution < 1.29 is 9.59 Å². The van der Waals surface area contributed by atoms with Crippen molar-refractivity contribution >= 4 is 24.1 Å². The maximum Gasteiger partial charge on any atom is 0.223 e. The largest absolute Gasteiger partial charge is 0.337 e. The van der Waals surface area contributed by atoms with Crippen LogP contribution >= 0.6 is 12.4 Å². The number of hydrogen-bond acceptors (Lipinski definition) is 3. The predicted molar refractivity (Wildman–Crippen MR) is 99.8 cm³/mol. The Morgan fingerprint density at radius 2 is 1.88 bits per heavy atom. The summed E-state index contributed by atoms with van der Waals surface area (Å²) in [7, 11) is 0. The van der Waals surface area contributed by atoms with Crippen LogP contribution in [-0.2, 0) is 11.2 Å². The molecule has 0 saturated carbocycles. The van der Waals surface area contributed by atoms with Gasteiger partial charge in [0.25, 0.3) is 0 Å². The Morgan fingerprint density at radius 1 is 1.21 bits per heavy atom. The molecule has 1 saturated heterocycles. The number of amides is 1. The first-order valence-electron chi connectivity index (χ1n) is 8.59. The van der Waals surface area contributed by atoms with Gasteiger partial charge in [-0.3, -0.25) is 9.59 Å². The number of halogens is 1. The van der Waals surface area contributed by atoms with Gasteiger partial charge in [-0.2, -0.15) is 0 Å². The summed E-state index contributed by atoms with van der Waals surface area (Å²) in [4.78, 5) is 26.4. The van der Waals surface area contributed by atoms with Crippen molar-refractivity contribution in [2.75, 3.05) is 19.6 Å². The molecule has 1 fully saturated rings. The van der Waals surface area contributed by atoms with E-state index in [2.05, 4.69) is 19.2 Å². The van der Waals surface area contributed by atoms with Gasteiger partial charge >= 0.3 is 0 Å². The highest BCUT2D eigenvalue weighted by Crippen LogP contribution is 2.13. The Balaban J connectivity index is 0.00000288. The van der Waals surface area contributed by atoms with Gasteiger partial charge < -0.3 is 10.2 Å². The number of hydrogen-bond donors (Lipinski definition) is 1. The van der Waals surface area contributed by atoms with Gasteiger partial charge in [0.2, 0.25) is 5.91 Å². The summed E-state index contributed by atoms with van der Waals surface area (Å²) in [6.45, 7) is 8.80. The minimum Gasteiger partial charge on any atom is -0.337 e. The number of carbonyl (C=O) groups is 2. The fourth-order valence-electron chi connectivity index (χ4n) is 3.02. The summed E-state index contributed by atoms with van der Waals surface area (Å²) in [6, 6.07) is 8.03. The monoisotopic (exact) mass is 352 g/mol. The van der Waals surface area contributed by atoms with E-state index in [1.54, 1.807) is 0 Å². The Kier molecular flexibility index (Phi) is 8.43. The average Bonchev–Trinajstić information content (AvgIpc) is 2.53. The molecular weight excluding hydrogens is 324 g/mol. The summed E-state index contributed by atoms with van der Waals surface area (Å²) >= 11 is 0. The van der Waals surface area contributed by atoms with Gasteiger partial charge in [0.15, 0.2) is 5.78 Å². The Morgan fingerprint density at radius 3 is 2.46 bits per heavy atom. The first-order chi connectivity index (χ1) is 11.0. The highest BCUT2D eigenvalue weighted by molar-refractivity contribution is 5.98. The molecule has 2 rings (SSSR count). The number of ketones is 1. The number of rotatable bonds is 6. The van der Waals surface area contributed by atoms with E-state index in [0.717, 1.165) is 26.1 Å². The lowest BCUT2D eigenvalue weighted by Crippen LogP contribution is -2.52. The van der Waals surface area contributed by atoms with Crippen LogP contribution < -0.4 is 5.32 Å². The number of benzene rings is 1. The van der Waals surface area contributed by atoms with Gasteiger partial charge in [-0.25, -0.2) is 0 Å². The first-order valence-corrected chi connectivity index (χ1v) is 8.59. The number of Topliss-reactive ketones (excluding diaryl/α,β-unsaturated/α-hetero) is 1. The van der Waals surface area contributed by atoms with Crippen LogP contribution in [0.15, 0.2) is 24.3 Å². The molecule has 4 nitrogen and oxygen atoms in total. The SMILES string of the molecule is CC(C)Cc1ccc(C(=O)CCC(=O)N2CCNC[C@H]2C)cc1.Cl. The smallest absolute Gasteiger partial charge is 0.223 e. The number of nitrogens with zero attached hydrogens (tertiary/aromatic N) is 1. The van der Waals surface area contributed by atoms with Crippen molar-refractivity contribution in [3.8, 4) is 0 Å². The van der Waals surface area contributed by atoms with Crippen LogP contribution in [0, 0.1) is 5.92 Å². The van der Waals surface area contributed by atoms with Crippen molar-refractivity contribution in [3.05, 3.63) is 35.4 Å². The van der Waals surface area contributed by atoms with E-state index < -0.39 is 0 Å². The summed E-state index contributed by atoms with van der Waals surface area (Å²) < 4.78 is 0. The summed E-state index contributed by atoms with van der Waals surface area (Å²) in [5, 5.41) is 3.27. The Bertz CT molecular complexity index is 543. The van der Waals surface area contributed by atoms with Crippen LogP contribution in [0.25, 0.3) is 0 Å². The van der Waals surface area contributed by atoms with E-state index in [4.69, 9.17) is 0 Å². The van der Waals surface area contributed by atoms with E-state index in [-0.39, 0.29) is 30.1 Å². The molecule has 1 heterocycles. The van der Waals surface area contributed by atoms with Gasteiger partial charge in [0.1, 0.15) is 0 Å². The van der Waals surface area contributed by atoms with Crippen molar-refractivity contribution in [3.63, 3.8) is 0 Å². The van der Waals surface area contributed by atoms with Gasteiger partial charge in [-0.1, -0.05) is 38.1 Å². The molecule has 1 atom stereocenters. The van der Waals surface area contributed by atoms with Crippen LogP contribution in [0.5, 0.6) is 0 Å². The summed E-state index contributed by atoms with van der Waals surface area (Å²) in [6.07, 6.45) is 1.61. The minimum absolute atomic E-state index is 0. The highest BCUT2D eigenvalue weighted by atomic mass is 35.5. The third kappa shape index (κ3) is 5.91. The highest BCUT2D eigenvalue weighted by Gasteiger charge is 2.23. The van der Waals surface area contributed by atoms with Crippen LogP contribution in [0.3, 0.4) is 0 Å². The molecule has 0 bridgehead atoms. The zero-order valence-electron chi connectivity index (χ0n) is 14.9. The van der Waals surface area contributed by atoms with E-state index in [9.17, 15) is 9.59 Å². The lowest BCUT2D eigenvalue weighted by atomic mass is 9.99. The van der Waals surface area contributed by atoms with Crippen LogP contribution in [0.4, 0.5) is 0 Å². The van der Waals surface area contributed by atoms with Crippen molar-refractivity contribution in [2.45, 2.75) is 46.1 Å². The van der Waals surface area contributed by atoms with Crippen LogP contribution in [-0.4, -0.2) is 42.3 Å². The lowest BCUT2D eigenvalue weighted by Gasteiger charge is -2.34. The van der Waals surface area contributed by atoms with Crippen molar-refractivity contribution in [1.82, 2.24) is 10.2 Å². The first kappa shape index (κ1) is 20.7. The third-order valence-electron chi connectivity index (χ3n) is 4.31. The van der Waals surface area contributed by atoms with Gasteiger partial charge in [0.05, 0.1) is 0 Å². The lowest BCUT2D eigenvalue weighted by molar-refractivity contribution is -0.133. The van der Waals surface area contributed by atoms with Crippen molar-refractivity contribution in [1.29, 1.82) is 0 Å². The number of piperazine rings is 1. The molecule has 0 spiro atoms. The molecule has 0 aliphatic carbocycles. The molecule has 5 heteroatoms. The molecule has 0 unspecified atom stereocenters. The molecule has 0 radical (unpaired) electrons. The van der Waals surface area contributed by atoms with Gasteiger partial charge in [-0.15, -0.1) is 12.4 Å². The fourth-order valence-corrected chi connectivity index (χ4v) is 3.02. The fraction of sp³-hybridized carbons (Fsp3) is 0.579. The zero-order chi connectivity index (χ0) is 16.8. The molecule has 0 aromatic heterocycles. The quantitative estimate of drug-likeness (QED) is 0.800. The molecule has 1 aromatic carbocycles. The number of nitrogens with one attached hydrogen (secondary N) is 1. The maximum atomic E-state index is 12.3. The molecule has 134 valence electrons. The topological polar surface area (TPSA) is 49.4 Å². The second-order valence-corrected chi connectivity index (χ2v) is 6.86. The third-order valence-corrected chi connectivity index (χ3v) is 4.31. The predicted octanol–water partition coefficient (Wildman–Crippen LogP) is 3.09. The normalized spacial score (nSPS) is 17.5. The molecule has 1 amide bonds. The van der Waals surface area contributed by atoms with Gasteiger partial charge in [0, 0.05) is 44.1 Å². The van der Waals surface area contributed by atoms with Crippen LogP contribution in [0.2, 0.25) is 0 Å². The van der Waals surface area contributed by atoms with Crippen LogP contribution in [0.1, 0.15) is 49.5 Å². The second kappa shape index (κ2) is 9.80. The molecule has 1 N–H and O–H groups in total. The average molecular weight is 353 g/mol. The van der Waals surface area contributed by atoms with E-state index in [1.165, 1.54) is 5.56 Å². The van der Waals surface area contributed by atoms with E-state index >= 15 is 0 Å². The standard InChI is InChI=1S/C19H28N2O2.ClH/c1-14(2)12-16-4-6-17(7-5-16)18(22)8-9-19(23)21-11-10-20-13-15(21)3;/h4-7,14-15,20H,8-13H2,1-3H3;1H/t15-;/m1./s1. The van der Waals surface area contributed by atoms with E-state index in [0.29, 0.717) is 24.3 Å². The zero-order valence-corrected chi connectivity index (χ0v) is 15.7. The molecule has 1 aliphatic heterocycles. The summed E-state index contributed by atoms with van der Waals surface area (Å²) in [5.74, 6) is 0.746. The second-order valence-electron chi connectivity index (χ2n) is 6.86. The maximum absolute atomic E-state index is 12.3. The van der Waals surface area contributed by atoms with Gasteiger partial charge in [-0.05, 0) is 24.8 Å². The molecule has 1 aliphatic rings. The van der Waals surface area contributed by atoms with E-state index in [1.807, 2.05) is 36.1 Å². The minimum atomic E-state index is 0.